The minimum atomic E-state index is -3.92. The van der Waals surface area contributed by atoms with Crippen LogP contribution in [0.2, 0.25) is 0 Å². The van der Waals surface area contributed by atoms with Gasteiger partial charge in [0.2, 0.25) is 6.23 Å². The van der Waals surface area contributed by atoms with E-state index in [-0.39, 0.29) is 17.9 Å². The zero-order valence-corrected chi connectivity index (χ0v) is 13.2. The third-order valence-electron chi connectivity index (χ3n) is 3.81. The number of hydroxylamine groups is 2. The van der Waals surface area contributed by atoms with Gasteiger partial charge in [-0.1, -0.05) is 5.06 Å². The van der Waals surface area contributed by atoms with Crippen molar-refractivity contribution < 1.29 is 32.0 Å². The molecule has 9 heteroatoms. The largest absolute Gasteiger partial charge is 0.439 e. The minimum absolute atomic E-state index is 0.0873. The van der Waals surface area contributed by atoms with Crippen molar-refractivity contribution in [2.75, 3.05) is 6.54 Å². The molecule has 3 rings (SSSR count). The highest BCUT2D eigenvalue weighted by molar-refractivity contribution is 7.92. The third kappa shape index (κ3) is 3.17. The average molecular weight is 355 g/mol. The van der Waals surface area contributed by atoms with Gasteiger partial charge in [-0.25, -0.2) is 22.4 Å². The summed E-state index contributed by atoms with van der Waals surface area (Å²) in [7, 11) is -3.92. The van der Waals surface area contributed by atoms with Gasteiger partial charge in [-0.3, -0.25) is 0 Å². The van der Waals surface area contributed by atoms with E-state index in [1.165, 1.54) is 0 Å². The van der Waals surface area contributed by atoms with Crippen molar-refractivity contribution in [3.8, 4) is 0 Å². The molecule has 0 amide bonds. The van der Waals surface area contributed by atoms with Crippen LogP contribution in [0.5, 0.6) is 0 Å². The number of ether oxygens (including phenoxy) is 1. The number of carbonyl (C=O) groups excluding carboxylic acids is 2. The first-order chi connectivity index (χ1) is 11.4. The lowest BCUT2D eigenvalue weighted by atomic mass is 10.1. The molecule has 1 aromatic carbocycles. The lowest BCUT2D eigenvalue weighted by Crippen LogP contribution is -2.54. The minimum Gasteiger partial charge on any atom is -0.439 e. The highest BCUT2D eigenvalue weighted by Crippen LogP contribution is 2.30. The summed E-state index contributed by atoms with van der Waals surface area (Å²) in [5.74, 6) is -2.17. The van der Waals surface area contributed by atoms with Gasteiger partial charge in [0.15, 0.2) is 9.84 Å². The second-order valence-electron chi connectivity index (χ2n) is 5.39. The van der Waals surface area contributed by atoms with Gasteiger partial charge in [0, 0.05) is 18.7 Å². The fourth-order valence-electron chi connectivity index (χ4n) is 2.68. The molecule has 0 aliphatic carbocycles. The molecule has 2 unspecified atom stereocenters. The molecule has 2 atom stereocenters. The van der Waals surface area contributed by atoms with E-state index in [0.717, 1.165) is 41.5 Å². The van der Waals surface area contributed by atoms with Gasteiger partial charge in [0.05, 0.1) is 4.90 Å². The van der Waals surface area contributed by atoms with Crippen LogP contribution in [0.3, 0.4) is 0 Å². The normalized spacial score (nSPS) is 26.5. The van der Waals surface area contributed by atoms with Crippen LogP contribution in [0.15, 0.2) is 41.3 Å². The zero-order chi connectivity index (χ0) is 17.3. The van der Waals surface area contributed by atoms with Gasteiger partial charge in [-0.15, -0.1) is 0 Å². The first-order valence-corrected chi connectivity index (χ1v) is 8.79. The fourth-order valence-corrected chi connectivity index (χ4v) is 4.52. The molecule has 0 bridgehead atoms. The lowest BCUT2D eigenvalue weighted by Gasteiger charge is -2.38. The molecular weight excluding hydrogens is 341 g/mol. The van der Waals surface area contributed by atoms with E-state index in [2.05, 4.69) is 0 Å². The Morgan fingerprint density at radius 1 is 1.08 bits per heavy atom. The Bertz CT molecular complexity index is 789. The van der Waals surface area contributed by atoms with Crippen LogP contribution in [0.4, 0.5) is 4.39 Å². The molecule has 1 aromatic rings. The van der Waals surface area contributed by atoms with Crippen molar-refractivity contribution >= 4 is 21.8 Å². The summed E-state index contributed by atoms with van der Waals surface area (Å²) in [6, 6.07) is 4.39. The van der Waals surface area contributed by atoms with E-state index < -0.39 is 39.1 Å². The highest BCUT2D eigenvalue weighted by atomic mass is 32.2. The molecule has 0 spiro atoms. The van der Waals surface area contributed by atoms with Crippen LogP contribution < -0.4 is 0 Å². The van der Waals surface area contributed by atoms with Crippen molar-refractivity contribution in [1.82, 2.24) is 5.06 Å². The van der Waals surface area contributed by atoms with Crippen LogP contribution in [-0.2, 0) is 29.0 Å². The Balaban J connectivity index is 1.96. The van der Waals surface area contributed by atoms with Crippen molar-refractivity contribution in [2.24, 2.45) is 0 Å². The van der Waals surface area contributed by atoms with Crippen molar-refractivity contribution in [3.05, 3.63) is 42.2 Å². The second-order valence-corrected chi connectivity index (χ2v) is 7.56. The number of hydrogen-bond acceptors (Lipinski definition) is 7. The molecule has 7 nitrogen and oxygen atoms in total. The number of fused-ring (bicyclic) bond motifs is 1. The van der Waals surface area contributed by atoms with Gasteiger partial charge < -0.3 is 9.57 Å². The predicted octanol–water partition coefficient (Wildman–Crippen LogP) is 0.961. The SMILES string of the molecule is O=C1/C=C\C(=O)ON2CCCC(S(=O)(=O)c3ccc(F)cc3)C2O1. The molecule has 1 saturated heterocycles. The Labute approximate surface area is 137 Å². The van der Waals surface area contributed by atoms with Gasteiger partial charge >= 0.3 is 11.9 Å². The zero-order valence-electron chi connectivity index (χ0n) is 12.4. The van der Waals surface area contributed by atoms with Crippen LogP contribution in [0.25, 0.3) is 0 Å². The Hall–Kier alpha value is -2.26. The fraction of sp³-hybridized carbons (Fsp3) is 0.333. The maximum absolute atomic E-state index is 13.0. The van der Waals surface area contributed by atoms with E-state index in [4.69, 9.17) is 9.57 Å². The van der Waals surface area contributed by atoms with Crippen LogP contribution in [0.1, 0.15) is 12.8 Å². The third-order valence-corrected chi connectivity index (χ3v) is 6.00. The second kappa shape index (κ2) is 6.33. The highest BCUT2D eigenvalue weighted by Gasteiger charge is 2.45. The predicted molar refractivity (Wildman–Crippen MR) is 78.4 cm³/mol. The topological polar surface area (TPSA) is 90.0 Å². The average Bonchev–Trinajstić information content (AvgIpc) is 2.53. The molecule has 0 saturated carbocycles. The molecule has 2 aliphatic heterocycles. The molecule has 0 aromatic heterocycles. The van der Waals surface area contributed by atoms with E-state index in [9.17, 15) is 22.4 Å². The summed E-state index contributed by atoms with van der Waals surface area (Å²) in [6.07, 6.45) is 1.19. The monoisotopic (exact) mass is 355 g/mol. The number of hydrogen-bond donors (Lipinski definition) is 0. The number of sulfone groups is 1. The molecule has 24 heavy (non-hydrogen) atoms. The van der Waals surface area contributed by atoms with E-state index >= 15 is 0 Å². The quantitative estimate of drug-likeness (QED) is 0.576. The first-order valence-electron chi connectivity index (χ1n) is 7.24. The van der Waals surface area contributed by atoms with Crippen LogP contribution >= 0.6 is 0 Å². The summed E-state index contributed by atoms with van der Waals surface area (Å²) in [6.45, 7) is 0.243. The van der Waals surface area contributed by atoms with E-state index in [1.54, 1.807) is 0 Å². The summed E-state index contributed by atoms with van der Waals surface area (Å²) >= 11 is 0. The molecule has 2 aliphatic rings. The van der Waals surface area contributed by atoms with Gasteiger partial charge in [0.25, 0.3) is 0 Å². The summed E-state index contributed by atoms with van der Waals surface area (Å²) < 4.78 is 43.9. The molecule has 128 valence electrons. The first kappa shape index (κ1) is 16.6. The number of benzene rings is 1. The van der Waals surface area contributed by atoms with Crippen molar-refractivity contribution in [1.29, 1.82) is 0 Å². The maximum Gasteiger partial charge on any atom is 0.350 e. The smallest absolute Gasteiger partial charge is 0.350 e. The lowest BCUT2D eigenvalue weighted by molar-refractivity contribution is -0.245. The van der Waals surface area contributed by atoms with Gasteiger partial charge in [-0.2, -0.15) is 0 Å². The molecular formula is C15H14FNO6S. The standard InChI is InChI=1S/C15H14FNO6S/c16-10-3-5-11(6-4-10)24(20,21)12-2-1-9-17-15(12)22-13(18)7-8-14(19)23-17/h3-8,12,15H,1-2,9H2/b8-7-. The van der Waals surface area contributed by atoms with Crippen LogP contribution in [0, 0.1) is 5.82 Å². The van der Waals surface area contributed by atoms with E-state index in [0.29, 0.717) is 6.42 Å². The Morgan fingerprint density at radius 3 is 2.46 bits per heavy atom. The summed E-state index contributed by atoms with van der Waals surface area (Å²) in [5, 5.41) is -0.0566. The number of esters is 1. The maximum atomic E-state index is 13.0. The number of nitrogens with zero attached hydrogens (tertiary/aromatic N) is 1. The van der Waals surface area contributed by atoms with E-state index in [1.807, 2.05) is 0 Å². The number of piperidine rings is 1. The Kier molecular flexibility index (Phi) is 4.37. The summed E-state index contributed by atoms with van der Waals surface area (Å²) in [5.41, 5.74) is 0. The molecule has 0 N–H and O–H groups in total. The number of carbonyl (C=O) groups is 2. The van der Waals surface area contributed by atoms with Gasteiger partial charge in [-0.05, 0) is 37.1 Å². The van der Waals surface area contributed by atoms with Crippen molar-refractivity contribution in [3.63, 3.8) is 0 Å². The van der Waals surface area contributed by atoms with Crippen molar-refractivity contribution in [2.45, 2.75) is 29.2 Å². The van der Waals surface area contributed by atoms with Crippen LogP contribution in [-0.4, -0.2) is 43.4 Å². The van der Waals surface area contributed by atoms with Gasteiger partial charge in [0.1, 0.15) is 11.1 Å². The molecule has 1 fully saturated rings. The molecule has 2 heterocycles. The summed E-state index contributed by atoms with van der Waals surface area (Å²) in [4.78, 5) is 28.2. The number of halogens is 1. The molecule has 0 radical (unpaired) electrons. The Morgan fingerprint density at radius 2 is 1.75 bits per heavy atom. The number of rotatable bonds is 2.